The molecule has 2 N–H and O–H groups in total. The molecule has 0 radical (unpaired) electrons. The van der Waals surface area contributed by atoms with Gasteiger partial charge in [-0.2, -0.15) is 0 Å². The van der Waals surface area contributed by atoms with Gasteiger partial charge in [-0.3, -0.25) is 4.79 Å². The summed E-state index contributed by atoms with van der Waals surface area (Å²) >= 11 is 0. The molecule has 1 saturated carbocycles. The number of hydrogen-bond acceptors (Lipinski definition) is 3. The van der Waals surface area contributed by atoms with Gasteiger partial charge in [0.15, 0.2) is 0 Å². The fourth-order valence-corrected chi connectivity index (χ4v) is 1.94. The fraction of sp³-hybridized carbons (Fsp3) is 0.909. The molecule has 1 fully saturated rings. The van der Waals surface area contributed by atoms with Crippen molar-refractivity contribution >= 4 is 5.97 Å². The van der Waals surface area contributed by atoms with Crippen LogP contribution in [-0.4, -0.2) is 18.6 Å². The van der Waals surface area contributed by atoms with Gasteiger partial charge in [0, 0.05) is 6.04 Å². The number of rotatable bonds is 3. The minimum atomic E-state index is -0.0822. The molecule has 0 spiro atoms. The lowest BCUT2D eigenvalue weighted by Crippen LogP contribution is -2.35. The van der Waals surface area contributed by atoms with Crippen LogP contribution in [0.15, 0.2) is 0 Å². The molecule has 1 aliphatic rings. The maximum atomic E-state index is 11.6. The van der Waals surface area contributed by atoms with Crippen LogP contribution in [0.5, 0.6) is 0 Å². The Morgan fingerprint density at radius 2 is 2.07 bits per heavy atom. The summed E-state index contributed by atoms with van der Waals surface area (Å²) < 4.78 is 5.14. The zero-order valence-electron chi connectivity index (χ0n) is 9.00. The van der Waals surface area contributed by atoms with Crippen LogP contribution >= 0.6 is 0 Å². The Labute approximate surface area is 86.0 Å². The Hall–Kier alpha value is -0.570. The lowest BCUT2D eigenvalue weighted by Gasteiger charge is -2.19. The molecule has 0 amide bonds. The van der Waals surface area contributed by atoms with Crippen molar-refractivity contribution in [3.05, 3.63) is 0 Å². The minimum Gasteiger partial charge on any atom is -0.465 e. The van der Waals surface area contributed by atoms with Crippen molar-refractivity contribution in [3.63, 3.8) is 0 Å². The lowest BCUT2D eigenvalue weighted by atomic mass is 9.96. The second-order valence-corrected chi connectivity index (χ2v) is 4.08. The summed E-state index contributed by atoms with van der Waals surface area (Å²) in [4.78, 5) is 11.6. The molecule has 1 aliphatic carbocycles. The Bertz CT molecular complexity index is 182. The van der Waals surface area contributed by atoms with Crippen molar-refractivity contribution in [2.24, 2.45) is 11.7 Å². The third-order valence-corrected chi connectivity index (χ3v) is 2.82. The van der Waals surface area contributed by atoms with Crippen molar-refractivity contribution in [2.75, 3.05) is 6.61 Å². The van der Waals surface area contributed by atoms with Crippen molar-refractivity contribution < 1.29 is 9.53 Å². The largest absolute Gasteiger partial charge is 0.465 e. The van der Waals surface area contributed by atoms with Crippen LogP contribution in [0.1, 0.15) is 45.4 Å². The highest BCUT2D eigenvalue weighted by molar-refractivity contribution is 5.73. The topological polar surface area (TPSA) is 52.3 Å². The first-order valence-corrected chi connectivity index (χ1v) is 5.68. The van der Waals surface area contributed by atoms with Gasteiger partial charge in [-0.05, 0) is 19.3 Å². The van der Waals surface area contributed by atoms with E-state index < -0.39 is 0 Å². The van der Waals surface area contributed by atoms with E-state index in [9.17, 15) is 4.79 Å². The monoisotopic (exact) mass is 199 g/mol. The summed E-state index contributed by atoms with van der Waals surface area (Å²) in [7, 11) is 0. The normalized spacial score (nSPS) is 28.1. The van der Waals surface area contributed by atoms with Crippen molar-refractivity contribution in [1.82, 2.24) is 0 Å². The van der Waals surface area contributed by atoms with Crippen LogP contribution in [0.25, 0.3) is 0 Å². The maximum Gasteiger partial charge on any atom is 0.310 e. The zero-order chi connectivity index (χ0) is 10.4. The lowest BCUT2D eigenvalue weighted by molar-refractivity contribution is -0.149. The molecule has 2 unspecified atom stereocenters. The number of ether oxygens (including phenoxy) is 1. The summed E-state index contributed by atoms with van der Waals surface area (Å²) in [5.41, 5.74) is 5.95. The highest BCUT2D eigenvalue weighted by Gasteiger charge is 2.27. The third kappa shape index (κ3) is 3.29. The molecule has 0 saturated heterocycles. The number of carbonyl (C=O) groups excluding carboxylic acids is 1. The van der Waals surface area contributed by atoms with Gasteiger partial charge < -0.3 is 10.5 Å². The van der Waals surface area contributed by atoms with E-state index in [1.165, 1.54) is 6.42 Å². The van der Waals surface area contributed by atoms with Gasteiger partial charge in [-0.25, -0.2) is 0 Å². The van der Waals surface area contributed by atoms with Crippen molar-refractivity contribution in [3.8, 4) is 0 Å². The average Bonchev–Trinajstić information content (AvgIpc) is 2.39. The first kappa shape index (κ1) is 11.5. The highest BCUT2D eigenvalue weighted by Crippen LogP contribution is 2.23. The van der Waals surface area contributed by atoms with Crippen LogP contribution in [0.2, 0.25) is 0 Å². The van der Waals surface area contributed by atoms with Gasteiger partial charge in [-0.15, -0.1) is 0 Å². The first-order chi connectivity index (χ1) is 6.75. The molecule has 3 heteroatoms. The van der Waals surface area contributed by atoms with E-state index in [4.69, 9.17) is 10.5 Å². The highest BCUT2D eigenvalue weighted by atomic mass is 16.5. The van der Waals surface area contributed by atoms with Crippen LogP contribution in [0.3, 0.4) is 0 Å². The Morgan fingerprint density at radius 1 is 1.36 bits per heavy atom. The van der Waals surface area contributed by atoms with Gasteiger partial charge >= 0.3 is 5.97 Å². The van der Waals surface area contributed by atoms with E-state index >= 15 is 0 Å². The molecule has 0 aromatic heterocycles. The summed E-state index contributed by atoms with van der Waals surface area (Å²) in [5, 5.41) is 0. The molecule has 82 valence electrons. The molecular formula is C11H21NO2. The molecule has 1 rings (SSSR count). The molecule has 2 atom stereocenters. The molecule has 0 aliphatic heterocycles. The summed E-state index contributed by atoms with van der Waals surface area (Å²) in [5.74, 6) is -0.134. The Morgan fingerprint density at radius 3 is 2.79 bits per heavy atom. The smallest absolute Gasteiger partial charge is 0.310 e. The van der Waals surface area contributed by atoms with Gasteiger partial charge in [0.05, 0.1) is 12.5 Å². The van der Waals surface area contributed by atoms with Crippen molar-refractivity contribution in [2.45, 2.75) is 51.5 Å². The van der Waals surface area contributed by atoms with E-state index in [-0.39, 0.29) is 17.9 Å². The predicted molar refractivity (Wildman–Crippen MR) is 55.8 cm³/mol. The third-order valence-electron chi connectivity index (χ3n) is 2.82. The number of carbonyl (C=O) groups is 1. The molecule has 3 nitrogen and oxygen atoms in total. The van der Waals surface area contributed by atoms with Crippen LogP contribution in [-0.2, 0) is 9.53 Å². The summed E-state index contributed by atoms with van der Waals surface area (Å²) in [6.45, 7) is 2.53. The minimum absolute atomic E-state index is 0.0156. The molecule has 0 aromatic rings. The van der Waals surface area contributed by atoms with Crippen LogP contribution < -0.4 is 5.73 Å². The van der Waals surface area contributed by atoms with Crippen LogP contribution in [0, 0.1) is 5.92 Å². The Kier molecular flexibility index (Phi) is 4.94. The molecular weight excluding hydrogens is 178 g/mol. The second kappa shape index (κ2) is 6.02. The average molecular weight is 199 g/mol. The maximum absolute atomic E-state index is 11.6. The Balaban J connectivity index is 2.41. The number of esters is 1. The molecule has 0 aromatic carbocycles. The first-order valence-electron chi connectivity index (χ1n) is 5.68. The second-order valence-electron chi connectivity index (χ2n) is 4.08. The SMILES string of the molecule is CCCOC(=O)C1CCCCCC1N. The number of nitrogens with two attached hydrogens (primary N) is 1. The van der Waals surface area contributed by atoms with E-state index in [2.05, 4.69) is 0 Å². The van der Waals surface area contributed by atoms with Crippen molar-refractivity contribution in [1.29, 1.82) is 0 Å². The quantitative estimate of drug-likeness (QED) is 0.557. The molecule has 0 heterocycles. The summed E-state index contributed by atoms with van der Waals surface area (Å²) in [6, 6.07) is 0.0156. The van der Waals surface area contributed by atoms with Gasteiger partial charge in [0.25, 0.3) is 0 Å². The van der Waals surface area contributed by atoms with E-state index in [1.54, 1.807) is 0 Å². The predicted octanol–water partition coefficient (Wildman–Crippen LogP) is 1.85. The van der Waals surface area contributed by atoms with E-state index in [0.717, 1.165) is 32.1 Å². The fourth-order valence-electron chi connectivity index (χ4n) is 1.94. The van der Waals surface area contributed by atoms with E-state index in [0.29, 0.717) is 6.61 Å². The summed E-state index contributed by atoms with van der Waals surface area (Å²) in [6.07, 6.45) is 6.22. The number of hydrogen-bond donors (Lipinski definition) is 1. The van der Waals surface area contributed by atoms with E-state index in [1.807, 2.05) is 6.92 Å². The van der Waals surface area contributed by atoms with Gasteiger partial charge in [0.1, 0.15) is 0 Å². The zero-order valence-corrected chi connectivity index (χ0v) is 9.00. The molecule has 14 heavy (non-hydrogen) atoms. The molecule has 0 bridgehead atoms. The van der Waals surface area contributed by atoms with Crippen LogP contribution in [0.4, 0.5) is 0 Å². The standard InChI is InChI=1S/C11H21NO2/c1-2-8-14-11(13)9-6-4-3-5-7-10(9)12/h9-10H,2-8,12H2,1H3. The van der Waals surface area contributed by atoms with Gasteiger partial charge in [0.2, 0.25) is 0 Å². The van der Waals surface area contributed by atoms with Gasteiger partial charge in [-0.1, -0.05) is 26.2 Å².